The Kier molecular flexibility index (Phi) is 4.99. The minimum absolute atomic E-state index is 0.0476. The number of benzene rings is 1. The van der Waals surface area contributed by atoms with Crippen LogP contribution in [0.15, 0.2) is 24.3 Å². The average Bonchev–Trinajstić information content (AvgIpc) is 2.35. The van der Waals surface area contributed by atoms with Gasteiger partial charge in [-0.2, -0.15) is 0 Å². The maximum absolute atomic E-state index is 11.4. The van der Waals surface area contributed by atoms with Crippen LogP contribution in [0.1, 0.15) is 42.1 Å². The van der Waals surface area contributed by atoms with Gasteiger partial charge in [0.05, 0.1) is 12.2 Å². The molecule has 0 saturated carbocycles. The number of aliphatic hydroxyl groups is 1. The molecule has 0 saturated heterocycles. The summed E-state index contributed by atoms with van der Waals surface area (Å²) in [6.45, 7) is 4.19. The van der Waals surface area contributed by atoms with Crippen LogP contribution in [-0.4, -0.2) is 24.3 Å². The number of hydrogen-bond acceptors (Lipinski definition) is 3. The molecule has 0 aliphatic rings. The Morgan fingerprint density at radius 1 is 1.38 bits per heavy atom. The summed E-state index contributed by atoms with van der Waals surface area (Å²) in [4.78, 5) is 11.4. The molecule has 0 amide bonds. The zero-order valence-corrected chi connectivity index (χ0v) is 9.77. The first-order valence-corrected chi connectivity index (χ1v) is 5.57. The summed E-state index contributed by atoms with van der Waals surface area (Å²) in [5.74, 6) is 0.118. The van der Waals surface area contributed by atoms with Crippen LogP contribution in [0, 0.1) is 0 Å². The maximum Gasteiger partial charge on any atom is 0.338 e. The second-order valence-corrected chi connectivity index (χ2v) is 3.79. The van der Waals surface area contributed by atoms with E-state index in [2.05, 4.69) is 13.8 Å². The summed E-state index contributed by atoms with van der Waals surface area (Å²) in [5, 5.41) is 8.53. The van der Waals surface area contributed by atoms with Crippen molar-refractivity contribution in [2.45, 2.75) is 26.2 Å². The van der Waals surface area contributed by atoms with E-state index in [1.165, 1.54) is 5.56 Å². The van der Waals surface area contributed by atoms with Gasteiger partial charge < -0.3 is 9.84 Å². The number of ether oxygens (including phenoxy) is 1. The molecule has 1 atom stereocenters. The van der Waals surface area contributed by atoms with E-state index >= 15 is 0 Å². The highest BCUT2D eigenvalue weighted by molar-refractivity contribution is 5.89. The van der Waals surface area contributed by atoms with Gasteiger partial charge in [-0.25, -0.2) is 4.79 Å². The topological polar surface area (TPSA) is 46.5 Å². The molecular weight excluding hydrogens is 204 g/mol. The van der Waals surface area contributed by atoms with Crippen LogP contribution >= 0.6 is 0 Å². The molecule has 0 heterocycles. The minimum Gasteiger partial charge on any atom is -0.460 e. The molecule has 3 heteroatoms. The maximum atomic E-state index is 11.4. The van der Waals surface area contributed by atoms with Crippen LogP contribution in [-0.2, 0) is 4.74 Å². The van der Waals surface area contributed by atoms with Gasteiger partial charge in [-0.1, -0.05) is 26.0 Å². The van der Waals surface area contributed by atoms with Gasteiger partial charge in [0.15, 0.2) is 0 Å². The van der Waals surface area contributed by atoms with Gasteiger partial charge in [0.2, 0.25) is 0 Å². The largest absolute Gasteiger partial charge is 0.460 e. The Labute approximate surface area is 96.1 Å². The Hall–Kier alpha value is -1.35. The molecule has 1 unspecified atom stereocenters. The lowest BCUT2D eigenvalue weighted by Gasteiger charge is -2.09. The molecule has 1 aromatic carbocycles. The quantitative estimate of drug-likeness (QED) is 0.778. The normalized spacial score (nSPS) is 12.2. The van der Waals surface area contributed by atoms with Crippen molar-refractivity contribution < 1.29 is 14.6 Å². The summed E-state index contributed by atoms with van der Waals surface area (Å²) in [5.41, 5.74) is 1.75. The number of hydrogen-bond donors (Lipinski definition) is 1. The van der Waals surface area contributed by atoms with Crippen molar-refractivity contribution in [2.75, 3.05) is 13.2 Å². The molecular formula is C13H18O3. The first kappa shape index (κ1) is 12.7. The number of carbonyl (C=O) groups is 1. The molecule has 0 aromatic heterocycles. The molecule has 0 spiro atoms. The number of carbonyl (C=O) groups excluding carboxylic acids is 1. The lowest BCUT2D eigenvalue weighted by atomic mass is 9.98. The fourth-order valence-electron chi connectivity index (χ4n) is 1.41. The van der Waals surface area contributed by atoms with Crippen molar-refractivity contribution in [2.24, 2.45) is 0 Å². The molecule has 0 aliphatic heterocycles. The number of rotatable bonds is 5. The van der Waals surface area contributed by atoms with E-state index in [9.17, 15) is 4.79 Å². The molecule has 3 nitrogen and oxygen atoms in total. The third-order valence-electron chi connectivity index (χ3n) is 2.65. The molecule has 0 bridgehead atoms. The van der Waals surface area contributed by atoms with Crippen molar-refractivity contribution >= 4 is 5.97 Å². The SMILES string of the molecule is CCC(C)c1ccc(C(=O)OCCO)cc1. The summed E-state index contributed by atoms with van der Waals surface area (Å²) in [6.07, 6.45) is 1.08. The highest BCUT2D eigenvalue weighted by atomic mass is 16.5. The van der Waals surface area contributed by atoms with E-state index in [4.69, 9.17) is 9.84 Å². The van der Waals surface area contributed by atoms with E-state index in [1.54, 1.807) is 12.1 Å². The monoisotopic (exact) mass is 222 g/mol. The first-order chi connectivity index (χ1) is 7.69. The van der Waals surface area contributed by atoms with Crippen LogP contribution < -0.4 is 0 Å². The van der Waals surface area contributed by atoms with Crippen molar-refractivity contribution in [1.82, 2.24) is 0 Å². The Morgan fingerprint density at radius 2 is 2.00 bits per heavy atom. The Bertz CT molecular complexity index is 330. The lowest BCUT2D eigenvalue weighted by molar-refractivity contribution is 0.0433. The van der Waals surface area contributed by atoms with Gasteiger partial charge in [0, 0.05) is 0 Å². The molecule has 1 rings (SSSR count). The summed E-state index contributed by atoms with van der Waals surface area (Å²) < 4.78 is 4.81. The van der Waals surface area contributed by atoms with Crippen LogP contribution in [0.25, 0.3) is 0 Å². The predicted octanol–water partition coefficient (Wildman–Crippen LogP) is 2.35. The van der Waals surface area contributed by atoms with Crippen LogP contribution in [0.3, 0.4) is 0 Å². The smallest absolute Gasteiger partial charge is 0.338 e. The highest BCUT2D eigenvalue weighted by Gasteiger charge is 2.08. The zero-order valence-electron chi connectivity index (χ0n) is 9.77. The van der Waals surface area contributed by atoms with Gasteiger partial charge in [-0.05, 0) is 30.0 Å². The highest BCUT2D eigenvalue weighted by Crippen LogP contribution is 2.18. The Balaban J connectivity index is 2.67. The van der Waals surface area contributed by atoms with Crippen molar-refractivity contribution in [1.29, 1.82) is 0 Å². The number of aliphatic hydroxyl groups excluding tert-OH is 1. The molecule has 16 heavy (non-hydrogen) atoms. The molecule has 0 aliphatic carbocycles. The predicted molar refractivity (Wildman–Crippen MR) is 62.5 cm³/mol. The first-order valence-electron chi connectivity index (χ1n) is 5.57. The number of esters is 1. The van der Waals surface area contributed by atoms with Gasteiger partial charge >= 0.3 is 5.97 Å². The van der Waals surface area contributed by atoms with Gasteiger partial charge in [0.25, 0.3) is 0 Å². The van der Waals surface area contributed by atoms with Gasteiger partial charge in [0.1, 0.15) is 6.61 Å². The van der Waals surface area contributed by atoms with E-state index in [-0.39, 0.29) is 19.2 Å². The van der Waals surface area contributed by atoms with Gasteiger partial charge in [-0.15, -0.1) is 0 Å². The molecule has 88 valence electrons. The zero-order chi connectivity index (χ0) is 12.0. The van der Waals surface area contributed by atoms with E-state index < -0.39 is 0 Å². The van der Waals surface area contributed by atoms with E-state index in [0.29, 0.717) is 11.5 Å². The van der Waals surface area contributed by atoms with Crippen molar-refractivity contribution in [3.8, 4) is 0 Å². The van der Waals surface area contributed by atoms with Crippen molar-refractivity contribution in [3.05, 3.63) is 35.4 Å². The van der Waals surface area contributed by atoms with Crippen LogP contribution in [0.4, 0.5) is 0 Å². The summed E-state index contributed by atoms with van der Waals surface area (Å²) in [6, 6.07) is 7.43. The minimum atomic E-state index is -0.384. The second kappa shape index (κ2) is 6.28. The second-order valence-electron chi connectivity index (χ2n) is 3.79. The van der Waals surface area contributed by atoms with Gasteiger partial charge in [-0.3, -0.25) is 0 Å². The third-order valence-corrected chi connectivity index (χ3v) is 2.65. The van der Waals surface area contributed by atoms with E-state index in [1.807, 2.05) is 12.1 Å². The molecule has 0 radical (unpaired) electrons. The Morgan fingerprint density at radius 3 is 2.50 bits per heavy atom. The fourth-order valence-corrected chi connectivity index (χ4v) is 1.41. The van der Waals surface area contributed by atoms with Crippen LogP contribution in [0.2, 0.25) is 0 Å². The molecule has 1 aromatic rings. The standard InChI is InChI=1S/C13H18O3/c1-3-10(2)11-4-6-12(7-5-11)13(15)16-9-8-14/h4-7,10,14H,3,8-9H2,1-2H3. The lowest BCUT2D eigenvalue weighted by Crippen LogP contribution is -2.08. The summed E-state index contributed by atoms with van der Waals surface area (Å²) >= 11 is 0. The van der Waals surface area contributed by atoms with Crippen LogP contribution in [0.5, 0.6) is 0 Å². The average molecular weight is 222 g/mol. The third kappa shape index (κ3) is 3.35. The molecule has 0 fully saturated rings. The molecule has 1 N–H and O–H groups in total. The fraction of sp³-hybridized carbons (Fsp3) is 0.462. The van der Waals surface area contributed by atoms with E-state index in [0.717, 1.165) is 6.42 Å². The van der Waals surface area contributed by atoms with Crippen molar-refractivity contribution in [3.63, 3.8) is 0 Å². The summed E-state index contributed by atoms with van der Waals surface area (Å²) in [7, 11) is 0.